The molecule has 1 aliphatic heterocycles. The second kappa shape index (κ2) is 4.57. The monoisotopic (exact) mass is 178 g/mol. The molecule has 0 aromatic carbocycles. The van der Waals surface area contributed by atoms with Crippen LogP contribution in [0.2, 0.25) is 0 Å². The Labute approximate surface area is 73.3 Å². The first kappa shape index (κ1) is 10.7. The van der Waals surface area contributed by atoms with Gasteiger partial charge < -0.3 is 10.6 Å². The van der Waals surface area contributed by atoms with Crippen LogP contribution in [0.15, 0.2) is 0 Å². The Bertz CT molecular complexity index is 140. The van der Waals surface area contributed by atoms with Gasteiger partial charge >= 0.3 is 0 Å². The lowest BCUT2D eigenvalue weighted by atomic mass is 9.97. The number of hydrogen-bond acceptors (Lipinski definition) is 2. The Morgan fingerprint density at radius 3 is 2.82 bits per heavy atom. The highest BCUT2D eigenvalue weighted by atomic mass is 35.5. The van der Waals surface area contributed by atoms with E-state index < -0.39 is 0 Å². The SMILES string of the molecule is CN1CCC(CN)CC1=O.Cl. The molecular formula is C7H15ClN2O. The van der Waals surface area contributed by atoms with Crippen molar-refractivity contribution in [1.29, 1.82) is 0 Å². The maximum absolute atomic E-state index is 11.0. The molecule has 1 atom stereocenters. The first-order valence-electron chi connectivity index (χ1n) is 3.68. The van der Waals surface area contributed by atoms with Gasteiger partial charge in [0.15, 0.2) is 0 Å². The zero-order chi connectivity index (χ0) is 7.56. The van der Waals surface area contributed by atoms with Gasteiger partial charge in [-0.15, -0.1) is 12.4 Å². The summed E-state index contributed by atoms with van der Waals surface area (Å²) < 4.78 is 0. The third-order valence-corrected chi connectivity index (χ3v) is 2.10. The molecule has 1 unspecified atom stereocenters. The van der Waals surface area contributed by atoms with Crippen LogP contribution in [-0.2, 0) is 4.79 Å². The van der Waals surface area contributed by atoms with Gasteiger partial charge in [-0.3, -0.25) is 4.79 Å². The second-order valence-corrected chi connectivity index (χ2v) is 2.91. The molecule has 0 saturated carbocycles. The van der Waals surface area contributed by atoms with Crippen LogP contribution in [0, 0.1) is 5.92 Å². The van der Waals surface area contributed by atoms with Crippen molar-refractivity contribution in [2.24, 2.45) is 11.7 Å². The quantitative estimate of drug-likeness (QED) is 0.625. The molecule has 0 spiro atoms. The Morgan fingerprint density at radius 2 is 2.36 bits per heavy atom. The van der Waals surface area contributed by atoms with E-state index in [1.54, 1.807) is 4.90 Å². The number of nitrogens with zero attached hydrogens (tertiary/aromatic N) is 1. The molecule has 1 aliphatic rings. The third-order valence-electron chi connectivity index (χ3n) is 2.10. The number of hydrogen-bond donors (Lipinski definition) is 1. The number of carbonyl (C=O) groups excluding carboxylic acids is 1. The van der Waals surface area contributed by atoms with E-state index in [0.29, 0.717) is 18.9 Å². The summed E-state index contributed by atoms with van der Waals surface area (Å²) in [5.74, 6) is 0.672. The highest BCUT2D eigenvalue weighted by Crippen LogP contribution is 2.14. The third kappa shape index (κ3) is 2.67. The standard InChI is InChI=1S/C7H14N2O.ClH/c1-9-3-2-6(5-8)4-7(9)10;/h6H,2-5,8H2,1H3;1H. The van der Waals surface area contributed by atoms with E-state index in [9.17, 15) is 4.79 Å². The lowest BCUT2D eigenvalue weighted by Crippen LogP contribution is -2.37. The summed E-state index contributed by atoms with van der Waals surface area (Å²) in [6.45, 7) is 1.53. The van der Waals surface area contributed by atoms with Crippen LogP contribution in [0.1, 0.15) is 12.8 Å². The van der Waals surface area contributed by atoms with Crippen molar-refractivity contribution in [3.63, 3.8) is 0 Å². The maximum Gasteiger partial charge on any atom is 0.222 e. The van der Waals surface area contributed by atoms with Crippen LogP contribution < -0.4 is 5.73 Å². The van der Waals surface area contributed by atoms with E-state index in [2.05, 4.69) is 0 Å². The molecule has 1 saturated heterocycles. The minimum Gasteiger partial charge on any atom is -0.346 e. The molecule has 0 radical (unpaired) electrons. The van der Waals surface area contributed by atoms with E-state index >= 15 is 0 Å². The van der Waals surface area contributed by atoms with Crippen molar-refractivity contribution in [3.8, 4) is 0 Å². The lowest BCUT2D eigenvalue weighted by molar-refractivity contribution is -0.133. The molecule has 1 fully saturated rings. The zero-order valence-corrected chi connectivity index (χ0v) is 7.56. The highest BCUT2D eigenvalue weighted by Gasteiger charge is 2.21. The Hall–Kier alpha value is -0.280. The summed E-state index contributed by atoms with van der Waals surface area (Å²) in [5.41, 5.74) is 5.44. The summed E-state index contributed by atoms with van der Waals surface area (Å²) in [6, 6.07) is 0. The van der Waals surface area contributed by atoms with Crippen molar-refractivity contribution in [2.75, 3.05) is 20.1 Å². The minimum absolute atomic E-state index is 0. The molecule has 11 heavy (non-hydrogen) atoms. The van der Waals surface area contributed by atoms with Gasteiger partial charge in [0.1, 0.15) is 0 Å². The molecule has 1 rings (SSSR count). The first-order chi connectivity index (χ1) is 4.74. The van der Waals surface area contributed by atoms with E-state index in [4.69, 9.17) is 5.73 Å². The fraction of sp³-hybridized carbons (Fsp3) is 0.857. The van der Waals surface area contributed by atoms with E-state index in [1.807, 2.05) is 7.05 Å². The second-order valence-electron chi connectivity index (χ2n) is 2.91. The molecule has 1 heterocycles. The fourth-order valence-corrected chi connectivity index (χ4v) is 1.21. The van der Waals surface area contributed by atoms with Crippen LogP contribution in [-0.4, -0.2) is 30.9 Å². The van der Waals surface area contributed by atoms with Gasteiger partial charge in [0, 0.05) is 20.0 Å². The molecule has 0 aromatic rings. The smallest absolute Gasteiger partial charge is 0.222 e. The van der Waals surface area contributed by atoms with Crippen LogP contribution in [0.25, 0.3) is 0 Å². The lowest BCUT2D eigenvalue weighted by Gasteiger charge is -2.27. The van der Waals surface area contributed by atoms with Crippen LogP contribution in [0.3, 0.4) is 0 Å². The predicted molar refractivity (Wildman–Crippen MR) is 46.7 cm³/mol. The molecule has 0 aromatic heterocycles. The Kier molecular flexibility index (Phi) is 4.45. The molecule has 4 heteroatoms. The maximum atomic E-state index is 11.0. The number of carbonyl (C=O) groups is 1. The molecule has 3 nitrogen and oxygen atoms in total. The minimum atomic E-state index is 0. The van der Waals surface area contributed by atoms with E-state index in [0.717, 1.165) is 13.0 Å². The van der Waals surface area contributed by atoms with Gasteiger partial charge in [-0.25, -0.2) is 0 Å². The summed E-state index contributed by atoms with van der Waals surface area (Å²) >= 11 is 0. The predicted octanol–water partition coefficient (Wildman–Crippen LogP) is 0.235. The van der Waals surface area contributed by atoms with Crippen LogP contribution >= 0.6 is 12.4 Å². The summed E-state index contributed by atoms with van der Waals surface area (Å²) in [5, 5.41) is 0. The van der Waals surface area contributed by atoms with Crippen molar-refractivity contribution < 1.29 is 4.79 Å². The number of rotatable bonds is 1. The van der Waals surface area contributed by atoms with Gasteiger partial charge in [-0.05, 0) is 18.9 Å². The summed E-state index contributed by atoms with van der Waals surface area (Å²) in [7, 11) is 1.84. The number of amides is 1. The van der Waals surface area contributed by atoms with Crippen molar-refractivity contribution in [1.82, 2.24) is 4.90 Å². The van der Waals surface area contributed by atoms with Gasteiger partial charge in [0.2, 0.25) is 5.91 Å². The van der Waals surface area contributed by atoms with Gasteiger partial charge in [-0.1, -0.05) is 0 Å². The molecule has 66 valence electrons. The van der Waals surface area contributed by atoms with E-state index in [1.165, 1.54) is 0 Å². The zero-order valence-electron chi connectivity index (χ0n) is 6.75. The largest absolute Gasteiger partial charge is 0.346 e. The fourth-order valence-electron chi connectivity index (χ4n) is 1.21. The van der Waals surface area contributed by atoms with Crippen molar-refractivity contribution >= 4 is 18.3 Å². The first-order valence-corrected chi connectivity index (χ1v) is 3.68. The highest BCUT2D eigenvalue weighted by molar-refractivity contribution is 5.85. The molecule has 0 aliphatic carbocycles. The number of likely N-dealkylation sites (tertiary alicyclic amines) is 1. The molecule has 0 bridgehead atoms. The van der Waals surface area contributed by atoms with E-state index in [-0.39, 0.29) is 18.3 Å². The van der Waals surface area contributed by atoms with Crippen molar-refractivity contribution in [3.05, 3.63) is 0 Å². The van der Waals surface area contributed by atoms with Crippen LogP contribution in [0.4, 0.5) is 0 Å². The number of nitrogens with two attached hydrogens (primary N) is 1. The van der Waals surface area contributed by atoms with Gasteiger partial charge in [-0.2, -0.15) is 0 Å². The van der Waals surface area contributed by atoms with Gasteiger partial charge in [0.05, 0.1) is 0 Å². The Balaban J connectivity index is 0.000001000. The molecule has 1 amide bonds. The summed E-state index contributed by atoms with van der Waals surface area (Å²) in [6.07, 6.45) is 1.71. The average Bonchev–Trinajstić information content (AvgIpc) is 1.95. The molecular weight excluding hydrogens is 164 g/mol. The average molecular weight is 179 g/mol. The van der Waals surface area contributed by atoms with Crippen LogP contribution in [0.5, 0.6) is 0 Å². The topological polar surface area (TPSA) is 46.3 Å². The van der Waals surface area contributed by atoms with Crippen molar-refractivity contribution in [2.45, 2.75) is 12.8 Å². The number of halogens is 1. The Morgan fingerprint density at radius 1 is 1.73 bits per heavy atom. The van der Waals surface area contributed by atoms with Gasteiger partial charge in [0.25, 0.3) is 0 Å². The normalized spacial score (nSPS) is 24.7. The number of piperidine rings is 1. The summed E-state index contributed by atoms with van der Waals surface area (Å²) in [4.78, 5) is 12.8. The molecule has 2 N–H and O–H groups in total.